The van der Waals surface area contributed by atoms with E-state index in [0.29, 0.717) is 16.3 Å². The average Bonchev–Trinajstić information content (AvgIpc) is 3.10. The second-order valence-electron chi connectivity index (χ2n) is 7.48. The first-order chi connectivity index (χ1) is 13.6. The Morgan fingerprint density at radius 2 is 1.79 bits per heavy atom. The Hall–Kier alpha value is -3.19. The van der Waals surface area contributed by atoms with Crippen molar-refractivity contribution in [3.8, 4) is 0 Å². The zero-order chi connectivity index (χ0) is 21.2. The van der Waals surface area contributed by atoms with Crippen molar-refractivity contribution >= 4 is 29.8 Å². The van der Waals surface area contributed by atoms with Gasteiger partial charge in [0.15, 0.2) is 0 Å². The maximum atomic E-state index is 13.3. The molecule has 0 aliphatic heterocycles. The standard InChI is InChI=1S/C21H20ClFN4O2/c1-21(2,3)18-16(24-11-25-18)10-17-20(29)26-15(19(28)27-17)6-4-5-12-9-13(23)7-8-14(12)22/h4-11H,1-3H3,(H,24,25)(H,26,29)(H,27,28)/b5-4+,15-6-,17-10-. The van der Waals surface area contributed by atoms with Gasteiger partial charge in [-0.25, -0.2) is 9.37 Å². The van der Waals surface area contributed by atoms with Crippen molar-refractivity contribution in [2.75, 3.05) is 0 Å². The highest BCUT2D eigenvalue weighted by Gasteiger charge is 2.19. The fourth-order valence-corrected chi connectivity index (χ4v) is 2.93. The molecule has 0 radical (unpaired) electrons. The molecule has 3 aromatic rings. The number of rotatable bonds is 3. The van der Waals surface area contributed by atoms with E-state index in [4.69, 9.17) is 11.6 Å². The molecule has 0 spiro atoms. The molecule has 29 heavy (non-hydrogen) atoms. The predicted octanol–water partition coefficient (Wildman–Crippen LogP) is 2.20. The lowest BCUT2D eigenvalue weighted by atomic mass is 9.90. The summed E-state index contributed by atoms with van der Waals surface area (Å²) in [5.74, 6) is -0.423. The second kappa shape index (κ2) is 8.05. The Morgan fingerprint density at radius 3 is 2.52 bits per heavy atom. The lowest BCUT2D eigenvalue weighted by Gasteiger charge is -2.16. The molecule has 0 aliphatic rings. The van der Waals surface area contributed by atoms with Crippen LogP contribution in [0.4, 0.5) is 4.39 Å². The molecule has 1 aromatic carbocycles. The molecule has 0 atom stereocenters. The van der Waals surface area contributed by atoms with Crippen molar-refractivity contribution in [1.82, 2.24) is 19.9 Å². The first-order valence-electron chi connectivity index (χ1n) is 8.87. The number of aromatic amines is 3. The number of hydrogen-bond acceptors (Lipinski definition) is 3. The predicted molar refractivity (Wildman–Crippen MR) is 113 cm³/mol. The topological polar surface area (TPSA) is 94.4 Å². The van der Waals surface area contributed by atoms with Gasteiger partial charge < -0.3 is 15.0 Å². The molecule has 0 aliphatic carbocycles. The molecule has 0 unspecified atom stereocenters. The molecule has 3 rings (SSSR count). The Labute approximate surface area is 170 Å². The van der Waals surface area contributed by atoms with Gasteiger partial charge in [0.1, 0.15) is 16.5 Å². The summed E-state index contributed by atoms with van der Waals surface area (Å²) < 4.78 is 13.3. The smallest absolute Gasteiger partial charge is 0.272 e. The first-order valence-corrected chi connectivity index (χ1v) is 9.24. The summed E-state index contributed by atoms with van der Waals surface area (Å²) in [4.78, 5) is 37.1. The monoisotopic (exact) mass is 414 g/mol. The van der Waals surface area contributed by atoms with Gasteiger partial charge in [-0.2, -0.15) is 0 Å². The fraction of sp³-hybridized carbons (Fsp3) is 0.190. The van der Waals surface area contributed by atoms with Gasteiger partial charge in [-0.1, -0.05) is 44.5 Å². The SMILES string of the molecule is CC(C)(C)c1[nH]cnc1/C=c1\[nH]c(=O)/c(=C/C=C/c2cc(F)ccc2Cl)[nH]c1=O. The van der Waals surface area contributed by atoms with E-state index in [9.17, 15) is 14.0 Å². The van der Waals surface area contributed by atoms with E-state index in [0.717, 1.165) is 5.69 Å². The van der Waals surface area contributed by atoms with Crippen molar-refractivity contribution in [2.24, 2.45) is 0 Å². The molecular formula is C21H20ClFN4O2. The Bertz CT molecular complexity index is 1310. The summed E-state index contributed by atoms with van der Waals surface area (Å²) in [5.41, 5.74) is 0.750. The van der Waals surface area contributed by atoms with E-state index >= 15 is 0 Å². The molecule has 8 heteroatoms. The number of allylic oxidation sites excluding steroid dienone is 1. The maximum Gasteiger partial charge on any atom is 0.272 e. The van der Waals surface area contributed by atoms with Gasteiger partial charge in [0.2, 0.25) is 0 Å². The van der Waals surface area contributed by atoms with Gasteiger partial charge in [-0.15, -0.1) is 0 Å². The molecule has 0 bridgehead atoms. The van der Waals surface area contributed by atoms with Gasteiger partial charge in [0.25, 0.3) is 11.1 Å². The van der Waals surface area contributed by atoms with Crippen molar-refractivity contribution < 1.29 is 4.39 Å². The molecule has 0 fully saturated rings. The van der Waals surface area contributed by atoms with Gasteiger partial charge in [-0.3, -0.25) is 9.59 Å². The van der Waals surface area contributed by atoms with Crippen LogP contribution in [0, 0.1) is 5.82 Å². The lowest BCUT2D eigenvalue weighted by molar-refractivity contribution is 0.571. The molecule has 2 heterocycles. The van der Waals surface area contributed by atoms with Crippen LogP contribution in [0.25, 0.3) is 18.2 Å². The third kappa shape index (κ3) is 4.81. The summed E-state index contributed by atoms with van der Waals surface area (Å²) in [5, 5.41) is 0.535. The van der Waals surface area contributed by atoms with Gasteiger partial charge in [-0.05, 0) is 35.9 Å². The number of benzene rings is 1. The number of H-pyrrole nitrogens is 3. The van der Waals surface area contributed by atoms with Crippen molar-refractivity contribution in [1.29, 1.82) is 0 Å². The summed E-state index contributed by atoms with van der Waals surface area (Å²) in [7, 11) is 0. The summed E-state index contributed by atoms with van der Waals surface area (Å²) in [6.07, 6.45) is 7.55. The van der Waals surface area contributed by atoms with Crippen LogP contribution in [0.3, 0.4) is 0 Å². The molecule has 2 aromatic heterocycles. The average molecular weight is 415 g/mol. The number of nitrogens with zero attached hydrogens (tertiary/aromatic N) is 1. The van der Waals surface area contributed by atoms with Crippen LogP contribution in [-0.4, -0.2) is 19.9 Å². The quantitative estimate of drug-likeness (QED) is 0.613. The third-order valence-corrected chi connectivity index (χ3v) is 4.53. The minimum atomic E-state index is -0.473. The van der Waals surface area contributed by atoms with Crippen LogP contribution < -0.4 is 21.8 Å². The second-order valence-corrected chi connectivity index (χ2v) is 7.89. The Morgan fingerprint density at radius 1 is 1.10 bits per heavy atom. The highest BCUT2D eigenvalue weighted by Crippen LogP contribution is 2.22. The molecule has 150 valence electrons. The van der Waals surface area contributed by atoms with Crippen molar-refractivity contribution in [2.45, 2.75) is 26.2 Å². The molecule has 6 nitrogen and oxygen atoms in total. The molecular weight excluding hydrogens is 395 g/mol. The highest BCUT2D eigenvalue weighted by molar-refractivity contribution is 6.32. The van der Waals surface area contributed by atoms with E-state index in [1.54, 1.807) is 12.4 Å². The lowest BCUT2D eigenvalue weighted by Crippen LogP contribution is -2.46. The largest absolute Gasteiger partial charge is 0.348 e. The van der Waals surface area contributed by atoms with Crippen LogP contribution in [-0.2, 0) is 5.41 Å². The number of aromatic nitrogens is 4. The van der Waals surface area contributed by atoms with Crippen LogP contribution in [0.5, 0.6) is 0 Å². The minimum absolute atomic E-state index is 0.0639. The van der Waals surface area contributed by atoms with Crippen molar-refractivity contribution in [3.05, 3.63) is 89.8 Å². The van der Waals surface area contributed by atoms with E-state index in [1.165, 1.54) is 36.4 Å². The molecule has 3 N–H and O–H groups in total. The third-order valence-electron chi connectivity index (χ3n) is 4.18. The number of hydrogen-bond donors (Lipinski definition) is 3. The zero-order valence-electron chi connectivity index (χ0n) is 16.1. The maximum absolute atomic E-state index is 13.3. The number of halogens is 2. The normalized spacial score (nSPS) is 13.6. The van der Waals surface area contributed by atoms with Gasteiger partial charge in [0, 0.05) is 16.1 Å². The first kappa shape index (κ1) is 20.5. The van der Waals surface area contributed by atoms with E-state index < -0.39 is 16.9 Å². The van der Waals surface area contributed by atoms with Crippen molar-refractivity contribution in [3.63, 3.8) is 0 Å². The number of imidazole rings is 1. The van der Waals surface area contributed by atoms with Crippen LogP contribution in [0.2, 0.25) is 5.02 Å². The molecule has 0 saturated heterocycles. The van der Waals surface area contributed by atoms with Crippen LogP contribution >= 0.6 is 11.6 Å². The van der Waals surface area contributed by atoms with E-state index in [1.807, 2.05) is 20.8 Å². The minimum Gasteiger partial charge on any atom is -0.348 e. The summed E-state index contributed by atoms with van der Waals surface area (Å²) in [6.45, 7) is 6.04. The van der Waals surface area contributed by atoms with Crippen LogP contribution in [0.15, 0.2) is 40.2 Å². The van der Waals surface area contributed by atoms with Gasteiger partial charge in [0.05, 0.1) is 12.0 Å². The Balaban J connectivity index is 2.01. The van der Waals surface area contributed by atoms with E-state index in [-0.39, 0.29) is 16.1 Å². The fourth-order valence-electron chi connectivity index (χ4n) is 2.75. The summed E-state index contributed by atoms with van der Waals surface area (Å²) >= 11 is 6.00. The zero-order valence-corrected chi connectivity index (χ0v) is 16.9. The van der Waals surface area contributed by atoms with E-state index in [2.05, 4.69) is 19.9 Å². The molecule has 0 saturated carbocycles. The molecule has 0 amide bonds. The van der Waals surface area contributed by atoms with Crippen LogP contribution in [0.1, 0.15) is 37.7 Å². The summed E-state index contributed by atoms with van der Waals surface area (Å²) in [6, 6.07) is 3.97. The Kier molecular flexibility index (Phi) is 5.70. The highest BCUT2D eigenvalue weighted by atomic mass is 35.5. The van der Waals surface area contributed by atoms with Gasteiger partial charge >= 0.3 is 0 Å². The number of nitrogens with one attached hydrogen (secondary N) is 3.